The van der Waals surface area contributed by atoms with Crippen molar-refractivity contribution in [1.82, 2.24) is 15.5 Å². The van der Waals surface area contributed by atoms with Crippen LogP contribution in [0.4, 0.5) is 4.79 Å². The van der Waals surface area contributed by atoms with Gasteiger partial charge in [0.25, 0.3) is 0 Å². The predicted octanol–water partition coefficient (Wildman–Crippen LogP) is 6.03. The lowest BCUT2D eigenvalue weighted by Gasteiger charge is -2.38. The van der Waals surface area contributed by atoms with Crippen molar-refractivity contribution >= 4 is 17.9 Å². The fourth-order valence-corrected chi connectivity index (χ4v) is 4.71. The van der Waals surface area contributed by atoms with Gasteiger partial charge in [0, 0.05) is 19.0 Å². The molecule has 0 aliphatic carbocycles. The number of nitrogens with zero attached hydrogens (tertiary/aromatic N) is 1. The first kappa shape index (κ1) is 31.4. The Morgan fingerprint density at radius 1 is 0.854 bits per heavy atom. The third-order valence-electron chi connectivity index (χ3n) is 6.65. The van der Waals surface area contributed by atoms with E-state index in [1.807, 2.05) is 107 Å². The molecule has 2 N–H and O–H groups in total. The zero-order valence-corrected chi connectivity index (χ0v) is 25.2. The zero-order valence-electron chi connectivity index (χ0n) is 25.2. The summed E-state index contributed by atoms with van der Waals surface area (Å²) in [6, 6.07) is 22.8. The molecule has 0 aliphatic heterocycles. The van der Waals surface area contributed by atoms with Gasteiger partial charge < -0.3 is 20.3 Å². The van der Waals surface area contributed by atoms with E-state index in [4.69, 9.17) is 4.74 Å². The number of rotatable bonds is 10. The molecule has 0 bridgehead atoms. The molecule has 0 aromatic heterocycles. The molecule has 3 aromatic rings. The highest BCUT2D eigenvalue weighted by atomic mass is 16.6. The number of amides is 3. The molecule has 0 fully saturated rings. The van der Waals surface area contributed by atoms with Gasteiger partial charge in [0.1, 0.15) is 17.7 Å². The van der Waals surface area contributed by atoms with Crippen molar-refractivity contribution in [3.63, 3.8) is 0 Å². The highest BCUT2D eigenvalue weighted by Gasteiger charge is 2.38. The molecule has 0 aliphatic rings. The Hall–Kier alpha value is -4.13. The second-order valence-electron chi connectivity index (χ2n) is 11.7. The molecule has 7 heteroatoms. The lowest BCUT2D eigenvalue weighted by atomic mass is 9.94. The van der Waals surface area contributed by atoms with Crippen LogP contribution in [0.25, 0.3) is 0 Å². The van der Waals surface area contributed by atoms with Crippen LogP contribution in [0, 0.1) is 13.8 Å². The van der Waals surface area contributed by atoms with E-state index in [2.05, 4.69) is 10.6 Å². The highest BCUT2D eigenvalue weighted by Crippen LogP contribution is 2.29. The molecule has 0 saturated carbocycles. The molecular formula is C34H43N3O4. The maximum absolute atomic E-state index is 14.5. The fraction of sp³-hybridized carbons (Fsp3) is 0.382. The van der Waals surface area contributed by atoms with Gasteiger partial charge in [0.15, 0.2) is 0 Å². The average molecular weight is 558 g/mol. The first-order valence-electron chi connectivity index (χ1n) is 14.1. The average Bonchev–Trinajstić information content (AvgIpc) is 2.91. The van der Waals surface area contributed by atoms with Gasteiger partial charge in [-0.2, -0.15) is 0 Å². The van der Waals surface area contributed by atoms with Crippen LogP contribution in [0.3, 0.4) is 0 Å². The van der Waals surface area contributed by atoms with Gasteiger partial charge in [0.2, 0.25) is 11.8 Å². The molecule has 7 nitrogen and oxygen atoms in total. The summed E-state index contributed by atoms with van der Waals surface area (Å²) >= 11 is 0. The van der Waals surface area contributed by atoms with E-state index >= 15 is 0 Å². The number of aryl methyl sites for hydroxylation is 2. The van der Waals surface area contributed by atoms with E-state index in [9.17, 15) is 14.4 Å². The third kappa shape index (κ3) is 9.20. The van der Waals surface area contributed by atoms with Crippen molar-refractivity contribution in [2.24, 2.45) is 0 Å². The molecule has 2 atom stereocenters. The van der Waals surface area contributed by atoms with Crippen LogP contribution < -0.4 is 10.6 Å². The van der Waals surface area contributed by atoms with Crippen molar-refractivity contribution in [3.05, 3.63) is 107 Å². The van der Waals surface area contributed by atoms with Crippen LogP contribution in [0.2, 0.25) is 0 Å². The van der Waals surface area contributed by atoms with Gasteiger partial charge in [-0.1, -0.05) is 84.4 Å². The molecule has 0 saturated heterocycles. The van der Waals surface area contributed by atoms with E-state index in [1.165, 1.54) is 0 Å². The van der Waals surface area contributed by atoms with Gasteiger partial charge in [0.05, 0.1) is 0 Å². The van der Waals surface area contributed by atoms with E-state index in [1.54, 1.807) is 25.7 Å². The summed E-state index contributed by atoms with van der Waals surface area (Å²) in [4.78, 5) is 43.0. The van der Waals surface area contributed by atoms with Gasteiger partial charge in [-0.25, -0.2) is 4.79 Å². The van der Waals surface area contributed by atoms with Crippen LogP contribution in [-0.4, -0.2) is 40.5 Å². The predicted molar refractivity (Wildman–Crippen MR) is 162 cm³/mol. The van der Waals surface area contributed by atoms with Crippen molar-refractivity contribution < 1.29 is 19.1 Å². The summed E-state index contributed by atoms with van der Waals surface area (Å²) < 4.78 is 5.51. The van der Waals surface area contributed by atoms with Crippen LogP contribution >= 0.6 is 0 Å². The van der Waals surface area contributed by atoms with E-state index in [0.717, 1.165) is 27.8 Å². The number of carbonyl (C=O) groups excluding carboxylic acids is 3. The molecule has 41 heavy (non-hydrogen) atoms. The summed E-state index contributed by atoms with van der Waals surface area (Å²) in [5, 5.41) is 5.85. The maximum atomic E-state index is 14.5. The fourth-order valence-electron chi connectivity index (χ4n) is 4.71. The molecule has 0 spiro atoms. The molecule has 3 rings (SSSR count). The minimum atomic E-state index is -0.954. The number of nitrogens with one attached hydrogen (secondary N) is 2. The van der Waals surface area contributed by atoms with Gasteiger partial charge in [-0.15, -0.1) is 0 Å². The number of carbonyl (C=O) groups is 3. The number of hydrogen-bond acceptors (Lipinski definition) is 4. The molecule has 0 radical (unpaired) electrons. The summed E-state index contributed by atoms with van der Waals surface area (Å²) in [5.41, 5.74) is 3.72. The first-order valence-corrected chi connectivity index (χ1v) is 14.1. The quantitative estimate of drug-likeness (QED) is 0.318. The topological polar surface area (TPSA) is 87.7 Å². The van der Waals surface area contributed by atoms with Gasteiger partial charge in [-0.05, 0) is 70.7 Å². The van der Waals surface area contributed by atoms with Crippen LogP contribution in [-0.2, 0) is 27.3 Å². The maximum Gasteiger partial charge on any atom is 0.408 e. The second kappa shape index (κ2) is 14.0. The van der Waals surface area contributed by atoms with Gasteiger partial charge >= 0.3 is 6.09 Å². The van der Waals surface area contributed by atoms with E-state index < -0.39 is 23.8 Å². The van der Waals surface area contributed by atoms with E-state index in [0.29, 0.717) is 6.54 Å². The standard InChI is InChI=1S/C34H43N3O4/c1-23(2)37(32(39)29(21-26-14-10-8-11-15-26)36-33(40)41-34(5,6)7)30(28-20-24(3)18-19-25(28)4)31(38)35-22-27-16-12-9-13-17-27/h8-20,23,29-30H,21-22H2,1-7H3,(H,35,38)(H,36,40). The van der Waals surface area contributed by atoms with Crippen LogP contribution in [0.1, 0.15) is 68.5 Å². The Bertz CT molecular complexity index is 1320. The van der Waals surface area contributed by atoms with Crippen molar-refractivity contribution in [2.45, 2.75) is 85.2 Å². The Balaban J connectivity index is 2.03. The normalized spacial score (nSPS) is 12.8. The Kier molecular flexibility index (Phi) is 10.7. The molecule has 2 unspecified atom stereocenters. The lowest BCUT2D eigenvalue weighted by molar-refractivity contribution is -0.144. The number of alkyl carbamates (subject to hydrolysis) is 1. The molecule has 3 amide bonds. The van der Waals surface area contributed by atoms with Crippen LogP contribution in [0.5, 0.6) is 0 Å². The second-order valence-corrected chi connectivity index (χ2v) is 11.7. The first-order chi connectivity index (χ1) is 19.4. The Morgan fingerprint density at radius 2 is 1.44 bits per heavy atom. The highest BCUT2D eigenvalue weighted by molar-refractivity contribution is 5.92. The van der Waals surface area contributed by atoms with Gasteiger partial charge in [-0.3, -0.25) is 9.59 Å². The largest absolute Gasteiger partial charge is 0.444 e. The van der Waals surface area contributed by atoms with Crippen molar-refractivity contribution in [3.8, 4) is 0 Å². The molecule has 218 valence electrons. The summed E-state index contributed by atoms with van der Waals surface area (Å²) in [6.45, 7) is 13.3. The molecular weight excluding hydrogens is 514 g/mol. The van der Waals surface area contributed by atoms with Crippen LogP contribution in [0.15, 0.2) is 78.9 Å². The molecule has 3 aromatic carbocycles. The lowest BCUT2D eigenvalue weighted by Crippen LogP contribution is -2.55. The van der Waals surface area contributed by atoms with Crippen molar-refractivity contribution in [1.29, 1.82) is 0 Å². The SMILES string of the molecule is Cc1ccc(C)c(C(C(=O)NCc2ccccc2)N(C(=O)C(Cc2ccccc2)NC(=O)OC(C)(C)C)C(C)C)c1. The monoisotopic (exact) mass is 557 g/mol. The smallest absolute Gasteiger partial charge is 0.408 e. The van der Waals surface area contributed by atoms with E-state index in [-0.39, 0.29) is 24.3 Å². The number of ether oxygens (including phenoxy) is 1. The minimum Gasteiger partial charge on any atom is -0.444 e. The Labute approximate surface area is 244 Å². The third-order valence-corrected chi connectivity index (χ3v) is 6.65. The number of hydrogen-bond donors (Lipinski definition) is 2. The summed E-state index contributed by atoms with van der Waals surface area (Å²) in [6.07, 6.45) is -0.444. The summed E-state index contributed by atoms with van der Waals surface area (Å²) in [7, 11) is 0. The Morgan fingerprint density at radius 3 is 2.00 bits per heavy atom. The molecule has 0 heterocycles. The minimum absolute atomic E-state index is 0.243. The summed E-state index contributed by atoms with van der Waals surface area (Å²) in [5.74, 6) is -0.657. The number of benzene rings is 3. The zero-order chi connectivity index (χ0) is 30.2. The van der Waals surface area contributed by atoms with Crippen molar-refractivity contribution in [2.75, 3.05) is 0 Å².